The monoisotopic (exact) mass is 312 g/mol. The lowest BCUT2D eigenvalue weighted by atomic mass is 9.91. The zero-order valence-corrected chi connectivity index (χ0v) is 13.4. The number of β-amino-alcohol motifs (C(OH)–C–C–N with tert-alkyl or cyclic N) is 1. The summed E-state index contributed by atoms with van der Waals surface area (Å²) in [5.41, 5.74) is 3.62. The van der Waals surface area contributed by atoms with E-state index >= 15 is 0 Å². The van der Waals surface area contributed by atoms with Crippen LogP contribution in [0.3, 0.4) is 0 Å². The van der Waals surface area contributed by atoms with Crippen molar-refractivity contribution in [2.75, 3.05) is 26.2 Å². The highest BCUT2D eigenvalue weighted by Gasteiger charge is 2.21. The number of aliphatic hydroxyl groups is 1. The summed E-state index contributed by atoms with van der Waals surface area (Å²) in [6, 6.07) is 9.10. The second kappa shape index (κ2) is 7.57. The smallest absolute Gasteiger partial charge is 0.251 e. The van der Waals surface area contributed by atoms with E-state index < -0.39 is 6.10 Å². The lowest BCUT2D eigenvalue weighted by Crippen LogP contribution is -2.42. The number of nitrogens with one attached hydrogen (secondary N) is 1. The molecular formula is C19H24N2O2. The number of allylic oxidation sites excluding steroid dienone is 1. The Morgan fingerprint density at radius 3 is 2.91 bits per heavy atom. The standard InChI is InChI=1S/C19H24N2O2/c22-18(12-20-19(23)16-7-2-1-3-8-16)14-21-11-10-15-6-4-5-9-17(15)13-21/h1-3,5,7-9,18,22H,4,6,10-14H2,(H,20,23)/t18-/m0/s1. The summed E-state index contributed by atoms with van der Waals surface area (Å²) in [5, 5.41) is 13.0. The lowest BCUT2D eigenvalue weighted by Gasteiger charge is -2.32. The van der Waals surface area contributed by atoms with Crippen LogP contribution in [0.4, 0.5) is 0 Å². The largest absolute Gasteiger partial charge is 0.390 e. The number of carbonyl (C=O) groups is 1. The zero-order valence-electron chi connectivity index (χ0n) is 13.4. The van der Waals surface area contributed by atoms with E-state index in [4.69, 9.17) is 0 Å². The number of carbonyl (C=O) groups excluding carboxylic acids is 1. The maximum atomic E-state index is 12.0. The number of rotatable bonds is 5. The van der Waals surface area contributed by atoms with Crippen molar-refractivity contribution in [1.29, 1.82) is 0 Å². The summed E-state index contributed by atoms with van der Waals surface area (Å²) in [6.07, 6.45) is 7.37. The summed E-state index contributed by atoms with van der Waals surface area (Å²) in [5.74, 6) is -0.136. The average molecular weight is 312 g/mol. The van der Waals surface area contributed by atoms with Gasteiger partial charge in [-0.05, 0) is 37.0 Å². The van der Waals surface area contributed by atoms with Crippen molar-refractivity contribution in [3.63, 3.8) is 0 Å². The van der Waals surface area contributed by atoms with Gasteiger partial charge in [0.25, 0.3) is 5.91 Å². The van der Waals surface area contributed by atoms with Gasteiger partial charge >= 0.3 is 0 Å². The van der Waals surface area contributed by atoms with Crippen LogP contribution in [0.1, 0.15) is 29.6 Å². The van der Waals surface area contributed by atoms with Crippen LogP contribution in [0.2, 0.25) is 0 Å². The van der Waals surface area contributed by atoms with E-state index in [1.165, 1.54) is 12.0 Å². The van der Waals surface area contributed by atoms with E-state index in [1.807, 2.05) is 18.2 Å². The molecule has 0 spiro atoms. The number of hydrogen-bond donors (Lipinski definition) is 2. The van der Waals surface area contributed by atoms with Crippen LogP contribution < -0.4 is 5.32 Å². The number of aliphatic hydroxyl groups excluding tert-OH is 1. The molecule has 4 heteroatoms. The van der Waals surface area contributed by atoms with E-state index in [-0.39, 0.29) is 12.5 Å². The first-order valence-electron chi connectivity index (χ1n) is 8.33. The maximum Gasteiger partial charge on any atom is 0.251 e. The molecular weight excluding hydrogens is 288 g/mol. The van der Waals surface area contributed by atoms with Gasteiger partial charge in [0.2, 0.25) is 0 Å². The van der Waals surface area contributed by atoms with Gasteiger partial charge in [-0.3, -0.25) is 9.69 Å². The second-order valence-electron chi connectivity index (χ2n) is 6.28. The van der Waals surface area contributed by atoms with Gasteiger partial charge in [0.15, 0.2) is 0 Å². The number of amides is 1. The molecule has 4 nitrogen and oxygen atoms in total. The summed E-state index contributed by atoms with van der Waals surface area (Å²) in [6.45, 7) is 2.79. The van der Waals surface area contributed by atoms with Crippen LogP contribution in [0.15, 0.2) is 53.6 Å². The average Bonchev–Trinajstić information content (AvgIpc) is 2.60. The van der Waals surface area contributed by atoms with Crippen LogP contribution in [0.25, 0.3) is 0 Å². The predicted octanol–water partition coefficient (Wildman–Crippen LogP) is 2.13. The first-order valence-corrected chi connectivity index (χ1v) is 8.33. The van der Waals surface area contributed by atoms with Gasteiger partial charge in [-0.25, -0.2) is 0 Å². The first-order chi connectivity index (χ1) is 11.2. The van der Waals surface area contributed by atoms with E-state index in [0.29, 0.717) is 12.1 Å². The SMILES string of the molecule is O=C(NC[C@H](O)CN1CCC2=C(C=CCC2)C1)c1ccccc1. The van der Waals surface area contributed by atoms with E-state index in [2.05, 4.69) is 22.4 Å². The highest BCUT2D eigenvalue weighted by atomic mass is 16.3. The molecule has 0 fully saturated rings. The Morgan fingerprint density at radius 2 is 2.09 bits per heavy atom. The number of hydrogen-bond acceptors (Lipinski definition) is 3. The predicted molar refractivity (Wildman–Crippen MR) is 91.2 cm³/mol. The van der Waals surface area contributed by atoms with E-state index in [9.17, 15) is 9.90 Å². The Balaban J connectivity index is 1.45. The minimum Gasteiger partial charge on any atom is -0.390 e. The molecule has 0 aromatic heterocycles. The normalized spacial score (nSPS) is 19.3. The second-order valence-corrected chi connectivity index (χ2v) is 6.28. The minimum absolute atomic E-state index is 0.136. The van der Waals surface area contributed by atoms with Crippen LogP contribution in [-0.4, -0.2) is 48.2 Å². The third-order valence-corrected chi connectivity index (χ3v) is 4.51. The molecule has 2 aliphatic rings. The summed E-state index contributed by atoms with van der Waals surface area (Å²) in [7, 11) is 0. The van der Waals surface area contributed by atoms with Crippen molar-refractivity contribution in [2.24, 2.45) is 0 Å². The molecule has 0 radical (unpaired) electrons. The van der Waals surface area contributed by atoms with Crippen molar-refractivity contribution in [3.05, 3.63) is 59.2 Å². The zero-order chi connectivity index (χ0) is 16.1. The van der Waals surface area contributed by atoms with Gasteiger partial charge in [-0.2, -0.15) is 0 Å². The van der Waals surface area contributed by atoms with Gasteiger partial charge in [0.1, 0.15) is 0 Å². The number of benzene rings is 1. The molecule has 1 heterocycles. The van der Waals surface area contributed by atoms with Crippen molar-refractivity contribution >= 4 is 5.91 Å². The fraction of sp³-hybridized carbons (Fsp3) is 0.421. The first kappa shape index (κ1) is 16.0. The van der Waals surface area contributed by atoms with Crippen molar-refractivity contribution in [1.82, 2.24) is 10.2 Å². The van der Waals surface area contributed by atoms with Crippen molar-refractivity contribution < 1.29 is 9.90 Å². The highest BCUT2D eigenvalue weighted by Crippen LogP contribution is 2.26. The van der Waals surface area contributed by atoms with E-state index in [1.54, 1.807) is 17.7 Å². The minimum atomic E-state index is -0.544. The van der Waals surface area contributed by atoms with Crippen molar-refractivity contribution in [2.45, 2.75) is 25.4 Å². The Kier molecular flexibility index (Phi) is 5.26. The summed E-state index contributed by atoms with van der Waals surface area (Å²) < 4.78 is 0. The molecule has 0 unspecified atom stereocenters. The molecule has 1 aliphatic heterocycles. The highest BCUT2D eigenvalue weighted by molar-refractivity contribution is 5.94. The molecule has 1 aromatic carbocycles. The summed E-state index contributed by atoms with van der Waals surface area (Å²) in [4.78, 5) is 14.2. The molecule has 2 N–H and O–H groups in total. The molecule has 122 valence electrons. The fourth-order valence-corrected chi connectivity index (χ4v) is 3.25. The third-order valence-electron chi connectivity index (χ3n) is 4.51. The molecule has 1 aliphatic carbocycles. The van der Waals surface area contributed by atoms with Crippen LogP contribution in [-0.2, 0) is 0 Å². The summed E-state index contributed by atoms with van der Waals surface area (Å²) >= 11 is 0. The lowest BCUT2D eigenvalue weighted by molar-refractivity contribution is 0.0864. The van der Waals surface area contributed by atoms with Gasteiger partial charge in [0, 0.05) is 31.7 Å². The molecule has 0 saturated heterocycles. The van der Waals surface area contributed by atoms with Gasteiger partial charge < -0.3 is 10.4 Å². The quantitative estimate of drug-likeness (QED) is 0.876. The molecule has 3 rings (SSSR count). The number of nitrogens with zero attached hydrogens (tertiary/aromatic N) is 1. The topological polar surface area (TPSA) is 52.6 Å². The maximum absolute atomic E-state index is 12.0. The van der Waals surface area contributed by atoms with E-state index in [0.717, 1.165) is 25.9 Å². The fourth-order valence-electron chi connectivity index (χ4n) is 3.25. The Hall–Kier alpha value is -1.91. The van der Waals surface area contributed by atoms with Gasteiger partial charge in [-0.15, -0.1) is 0 Å². The third kappa shape index (κ3) is 4.30. The molecule has 0 saturated carbocycles. The Labute approximate surface area is 137 Å². The Bertz CT molecular complexity index is 607. The van der Waals surface area contributed by atoms with Crippen LogP contribution in [0, 0.1) is 0 Å². The molecule has 1 atom stereocenters. The molecule has 0 bridgehead atoms. The molecule has 1 amide bonds. The van der Waals surface area contributed by atoms with Crippen molar-refractivity contribution in [3.8, 4) is 0 Å². The molecule has 1 aromatic rings. The van der Waals surface area contributed by atoms with Crippen LogP contribution >= 0.6 is 0 Å². The molecule has 23 heavy (non-hydrogen) atoms. The van der Waals surface area contributed by atoms with Gasteiger partial charge in [-0.1, -0.05) is 35.9 Å². The Morgan fingerprint density at radius 1 is 1.26 bits per heavy atom. The van der Waals surface area contributed by atoms with Gasteiger partial charge in [0.05, 0.1) is 6.10 Å². The van der Waals surface area contributed by atoms with Crippen LogP contribution in [0.5, 0.6) is 0 Å².